The van der Waals surface area contributed by atoms with Crippen molar-refractivity contribution in [3.63, 3.8) is 0 Å². The van der Waals surface area contributed by atoms with E-state index in [1.807, 2.05) is 49.3 Å². The van der Waals surface area contributed by atoms with E-state index in [9.17, 15) is 10.1 Å². The van der Waals surface area contributed by atoms with E-state index in [4.69, 9.17) is 11.6 Å². The second-order valence-electron chi connectivity index (χ2n) is 4.78. The highest BCUT2D eigenvalue weighted by Gasteiger charge is 2.11. The molecule has 2 aromatic rings. The predicted molar refractivity (Wildman–Crippen MR) is 87.8 cm³/mol. The fourth-order valence-corrected chi connectivity index (χ4v) is 2.05. The Hall–Kier alpha value is -2.33. The smallest absolute Gasteiger partial charge is 0.278 e. The minimum absolute atomic E-state index is 0.00339. The first-order valence-electron chi connectivity index (χ1n) is 6.37. The van der Waals surface area contributed by atoms with Crippen LogP contribution < -0.4 is 4.90 Å². The monoisotopic (exact) mass is 302 g/mol. The van der Waals surface area contributed by atoms with Gasteiger partial charge >= 0.3 is 0 Å². The third kappa shape index (κ3) is 3.83. The molecule has 2 rings (SSSR count). The number of hydrogen-bond acceptors (Lipinski definition) is 3. The number of nitro benzene ring substituents is 1. The first-order valence-corrected chi connectivity index (χ1v) is 6.74. The average molecular weight is 303 g/mol. The summed E-state index contributed by atoms with van der Waals surface area (Å²) in [6.07, 6.45) is 3.56. The SMILES string of the molecule is CN(C)c1ccc(C=Cc2ccc(Cl)cc2[N+](=O)[O-])cc1. The number of anilines is 1. The van der Waals surface area contributed by atoms with Gasteiger partial charge in [0, 0.05) is 30.9 Å². The molecule has 0 saturated heterocycles. The topological polar surface area (TPSA) is 46.4 Å². The van der Waals surface area contributed by atoms with Gasteiger partial charge in [0.2, 0.25) is 0 Å². The zero-order valence-electron chi connectivity index (χ0n) is 11.8. The normalized spacial score (nSPS) is 10.8. The highest BCUT2D eigenvalue weighted by atomic mass is 35.5. The number of nitro groups is 1. The molecule has 108 valence electrons. The van der Waals surface area contributed by atoms with E-state index < -0.39 is 4.92 Å². The minimum atomic E-state index is -0.430. The van der Waals surface area contributed by atoms with Gasteiger partial charge in [0.05, 0.1) is 10.5 Å². The molecule has 0 radical (unpaired) electrons. The van der Waals surface area contributed by atoms with Crippen LogP contribution in [0.2, 0.25) is 5.02 Å². The standard InChI is InChI=1S/C16H15ClN2O2/c1-18(2)15-9-4-12(5-10-15)3-6-13-7-8-14(17)11-16(13)19(20)21/h3-11H,1-2H3. The van der Waals surface area contributed by atoms with Crippen molar-refractivity contribution in [1.29, 1.82) is 0 Å². The van der Waals surface area contributed by atoms with Gasteiger partial charge in [0.25, 0.3) is 5.69 Å². The molecule has 0 amide bonds. The fourth-order valence-electron chi connectivity index (χ4n) is 1.89. The van der Waals surface area contributed by atoms with E-state index in [1.54, 1.807) is 18.2 Å². The van der Waals surface area contributed by atoms with Crippen LogP contribution in [-0.4, -0.2) is 19.0 Å². The van der Waals surface area contributed by atoms with Gasteiger partial charge in [-0.25, -0.2) is 0 Å². The summed E-state index contributed by atoms with van der Waals surface area (Å²) in [4.78, 5) is 12.6. The van der Waals surface area contributed by atoms with Gasteiger partial charge in [-0.05, 0) is 35.9 Å². The number of halogens is 1. The molecule has 0 unspecified atom stereocenters. The molecule has 0 heterocycles. The van der Waals surface area contributed by atoms with E-state index in [-0.39, 0.29) is 5.69 Å². The predicted octanol–water partition coefficient (Wildman–Crippen LogP) is 4.48. The van der Waals surface area contributed by atoms with Gasteiger partial charge in [0.1, 0.15) is 0 Å². The molecule has 5 heteroatoms. The van der Waals surface area contributed by atoms with Gasteiger partial charge in [-0.1, -0.05) is 29.8 Å². The summed E-state index contributed by atoms with van der Waals surface area (Å²) in [5, 5.41) is 11.4. The van der Waals surface area contributed by atoms with Crippen LogP contribution in [0.1, 0.15) is 11.1 Å². The Morgan fingerprint density at radius 3 is 2.33 bits per heavy atom. The Morgan fingerprint density at radius 2 is 1.76 bits per heavy atom. The zero-order chi connectivity index (χ0) is 15.4. The van der Waals surface area contributed by atoms with Gasteiger partial charge in [-0.15, -0.1) is 0 Å². The molecule has 0 bridgehead atoms. The van der Waals surface area contributed by atoms with Gasteiger partial charge in [-0.2, -0.15) is 0 Å². The van der Waals surface area contributed by atoms with E-state index in [0.717, 1.165) is 11.3 Å². The molecule has 21 heavy (non-hydrogen) atoms. The number of hydrogen-bond donors (Lipinski definition) is 0. The average Bonchev–Trinajstić information content (AvgIpc) is 2.46. The van der Waals surface area contributed by atoms with Crippen LogP contribution in [0.15, 0.2) is 42.5 Å². The molecule has 0 saturated carbocycles. The summed E-state index contributed by atoms with van der Waals surface area (Å²) in [6, 6.07) is 12.6. The second-order valence-corrected chi connectivity index (χ2v) is 5.22. The van der Waals surface area contributed by atoms with E-state index >= 15 is 0 Å². The first-order chi connectivity index (χ1) is 9.97. The third-order valence-corrected chi connectivity index (χ3v) is 3.29. The van der Waals surface area contributed by atoms with Crippen LogP contribution in [-0.2, 0) is 0 Å². The fraction of sp³-hybridized carbons (Fsp3) is 0.125. The molecule has 0 aromatic heterocycles. The maximum Gasteiger partial charge on any atom is 0.278 e. The quantitative estimate of drug-likeness (QED) is 0.475. The second kappa shape index (κ2) is 6.41. The Labute approximate surface area is 128 Å². The van der Waals surface area contributed by atoms with E-state index in [2.05, 4.69) is 0 Å². The van der Waals surface area contributed by atoms with Crippen molar-refractivity contribution in [3.8, 4) is 0 Å². The van der Waals surface area contributed by atoms with Crippen molar-refractivity contribution in [2.24, 2.45) is 0 Å². The molecule has 2 aromatic carbocycles. The molecule has 0 N–H and O–H groups in total. The van der Waals surface area contributed by atoms with Crippen LogP contribution in [0.25, 0.3) is 12.2 Å². The zero-order valence-corrected chi connectivity index (χ0v) is 12.5. The number of benzene rings is 2. The van der Waals surface area contributed by atoms with Crippen molar-refractivity contribution >= 4 is 35.1 Å². The Balaban J connectivity index is 2.27. The van der Waals surface area contributed by atoms with Gasteiger partial charge in [-0.3, -0.25) is 10.1 Å². The van der Waals surface area contributed by atoms with Crippen molar-refractivity contribution in [3.05, 3.63) is 68.7 Å². The van der Waals surface area contributed by atoms with Crippen molar-refractivity contribution < 1.29 is 4.92 Å². The van der Waals surface area contributed by atoms with Crippen molar-refractivity contribution in [1.82, 2.24) is 0 Å². The lowest BCUT2D eigenvalue weighted by atomic mass is 10.1. The molecule has 0 spiro atoms. The summed E-state index contributed by atoms with van der Waals surface area (Å²) >= 11 is 5.79. The first kappa shape index (κ1) is 15.1. The van der Waals surface area contributed by atoms with E-state index in [0.29, 0.717) is 10.6 Å². The summed E-state index contributed by atoms with van der Waals surface area (Å²) in [6.45, 7) is 0. The lowest BCUT2D eigenvalue weighted by Crippen LogP contribution is -2.07. The summed E-state index contributed by atoms with van der Waals surface area (Å²) in [5.74, 6) is 0. The van der Waals surface area contributed by atoms with Crippen LogP contribution in [0.5, 0.6) is 0 Å². The van der Waals surface area contributed by atoms with Crippen molar-refractivity contribution in [2.75, 3.05) is 19.0 Å². The van der Waals surface area contributed by atoms with E-state index in [1.165, 1.54) is 6.07 Å². The number of nitrogens with zero attached hydrogens (tertiary/aromatic N) is 2. The van der Waals surface area contributed by atoms with Crippen LogP contribution in [0.3, 0.4) is 0 Å². The lowest BCUT2D eigenvalue weighted by Gasteiger charge is -2.11. The minimum Gasteiger partial charge on any atom is -0.378 e. The highest BCUT2D eigenvalue weighted by Crippen LogP contribution is 2.25. The van der Waals surface area contributed by atoms with Crippen LogP contribution in [0.4, 0.5) is 11.4 Å². The summed E-state index contributed by atoms with van der Waals surface area (Å²) < 4.78 is 0. The molecule has 0 aliphatic heterocycles. The molecule has 0 aliphatic rings. The maximum atomic E-state index is 11.0. The molecular formula is C16H15ClN2O2. The Bertz CT molecular complexity index is 679. The lowest BCUT2D eigenvalue weighted by molar-refractivity contribution is -0.385. The highest BCUT2D eigenvalue weighted by molar-refractivity contribution is 6.30. The summed E-state index contributed by atoms with van der Waals surface area (Å²) in [5.41, 5.74) is 2.61. The van der Waals surface area contributed by atoms with Crippen LogP contribution >= 0.6 is 11.6 Å². The van der Waals surface area contributed by atoms with Crippen LogP contribution in [0, 0.1) is 10.1 Å². The largest absolute Gasteiger partial charge is 0.378 e. The Morgan fingerprint density at radius 1 is 1.10 bits per heavy atom. The molecule has 0 atom stereocenters. The molecular weight excluding hydrogens is 288 g/mol. The van der Waals surface area contributed by atoms with Gasteiger partial charge < -0.3 is 4.90 Å². The molecule has 0 fully saturated rings. The third-order valence-electron chi connectivity index (χ3n) is 3.05. The molecule has 4 nitrogen and oxygen atoms in total. The van der Waals surface area contributed by atoms with Crippen molar-refractivity contribution in [2.45, 2.75) is 0 Å². The maximum absolute atomic E-state index is 11.0. The number of rotatable bonds is 4. The molecule has 0 aliphatic carbocycles. The summed E-state index contributed by atoms with van der Waals surface area (Å²) in [7, 11) is 3.95. The Kier molecular flexibility index (Phi) is 4.60. The van der Waals surface area contributed by atoms with Gasteiger partial charge in [0.15, 0.2) is 0 Å².